The lowest BCUT2D eigenvalue weighted by Crippen LogP contribution is -2.30. The van der Waals surface area contributed by atoms with Crippen molar-refractivity contribution in [3.8, 4) is 0 Å². The first-order valence-electron chi connectivity index (χ1n) is 11.0. The van der Waals surface area contributed by atoms with Crippen LogP contribution in [0.4, 0.5) is 0 Å². The monoisotopic (exact) mass is 409 g/mol. The number of carbonyl (C=O) groups is 1. The van der Waals surface area contributed by atoms with E-state index in [4.69, 9.17) is 0 Å². The van der Waals surface area contributed by atoms with E-state index < -0.39 is 0 Å². The molecule has 0 aromatic rings. The Balaban J connectivity index is 1.85. The number of ketones is 1. The fourth-order valence-corrected chi connectivity index (χ4v) is 5.49. The van der Waals surface area contributed by atoms with E-state index in [9.17, 15) is 4.79 Å². The van der Waals surface area contributed by atoms with E-state index in [-0.39, 0.29) is 11.7 Å². The smallest absolute Gasteiger partial charge is 0.170 e. The number of nitrogens with zero attached hydrogens (tertiary/aromatic N) is 1. The Bertz CT molecular complexity index is 816. The zero-order valence-electron chi connectivity index (χ0n) is 18.5. The third-order valence-corrected chi connectivity index (χ3v) is 7.71. The van der Waals surface area contributed by atoms with E-state index >= 15 is 0 Å². The van der Waals surface area contributed by atoms with Gasteiger partial charge in [-0.25, -0.2) is 0 Å². The van der Waals surface area contributed by atoms with Gasteiger partial charge in [0.1, 0.15) is 0 Å². The summed E-state index contributed by atoms with van der Waals surface area (Å²) in [7, 11) is 2.19. The van der Waals surface area contributed by atoms with Gasteiger partial charge in [-0.1, -0.05) is 49.6 Å². The van der Waals surface area contributed by atoms with Crippen LogP contribution in [0.3, 0.4) is 0 Å². The van der Waals surface area contributed by atoms with E-state index in [1.807, 2.05) is 0 Å². The first kappa shape index (κ1) is 22.1. The number of thioether (sulfide) groups is 1. The maximum absolute atomic E-state index is 13.4. The molecule has 3 aliphatic rings. The van der Waals surface area contributed by atoms with Gasteiger partial charge in [-0.3, -0.25) is 4.79 Å². The van der Waals surface area contributed by atoms with Crippen molar-refractivity contribution in [2.24, 2.45) is 11.8 Å². The highest BCUT2D eigenvalue weighted by molar-refractivity contribution is 8.06. The van der Waals surface area contributed by atoms with Crippen molar-refractivity contribution in [3.63, 3.8) is 0 Å². The highest BCUT2D eigenvalue weighted by Gasteiger charge is 2.31. The van der Waals surface area contributed by atoms with E-state index in [0.717, 1.165) is 43.5 Å². The lowest BCUT2D eigenvalue weighted by Gasteiger charge is -2.30. The largest absolute Gasteiger partial charge is 0.306 e. The van der Waals surface area contributed by atoms with Crippen LogP contribution in [0.2, 0.25) is 0 Å². The molecule has 1 saturated heterocycles. The predicted octanol–water partition coefficient (Wildman–Crippen LogP) is 6.61. The zero-order chi connectivity index (χ0) is 21.0. The molecule has 0 aromatic carbocycles. The molecule has 0 aromatic heterocycles. The maximum atomic E-state index is 13.4. The molecule has 0 N–H and O–H groups in total. The molecule has 2 nitrogen and oxygen atoms in total. The van der Waals surface area contributed by atoms with Gasteiger partial charge < -0.3 is 4.90 Å². The van der Waals surface area contributed by atoms with Crippen LogP contribution in [0, 0.1) is 11.8 Å². The first-order valence-corrected chi connectivity index (χ1v) is 11.8. The molecule has 1 unspecified atom stereocenters. The molecular formula is C26H35NOS. The van der Waals surface area contributed by atoms with E-state index in [0.29, 0.717) is 5.92 Å². The Labute approximate surface area is 181 Å². The summed E-state index contributed by atoms with van der Waals surface area (Å²) in [5.74, 6) is 0.841. The molecule has 156 valence electrons. The van der Waals surface area contributed by atoms with Gasteiger partial charge in [-0.2, -0.15) is 0 Å². The topological polar surface area (TPSA) is 20.3 Å². The summed E-state index contributed by atoms with van der Waals surface area (Å²) in [5.41, 5.74) is 4.47. The molecule has 2 aliphatic carbocycles. The van der Waals surface area contributed by atoms with Crippen LogP contribution in [0.1, 0.15) is 52.9 Å². The Kier molecular flexibility index (Phi) is 7.59. The Morgan fingerprint density at radius 1 is 1.17 bits per heavy atom. The van der Waals surface area contributed by atoms with Crippen molar-refractivity contribution < 1.29 is 4.79 Å². The number of hydrogen-bond acceptors (Lipinski definition) is 3. The number of rotatable bonds is 5. The molecule has 0 radical (unpaired) electrons. The molecule has 1 fully saturated rings. The summed E-state index contributed by atoms with van der Waals surface area (Å²) in [5, 5.41) is 0. The van der Waals surface area contributed by atoms with Crippen LogP contribution >= 0.6 is 11.8 Å². The predicted molar refractivity (Wildman–Crippen MR) is 127 cm³/mol. The second-order valence-corrected chi connectivity index (χ2v) is 9.81. The van der Waals surface area contributed by atoms with Crippen molar-refractivity contribution in [2.45, 2.75) is 52.9 Å². The number of fused-ring (bicyclic) bond motifs is 1. The molecule has 1 atom stereocenters. The van der Waals surface area contributed by atoms with Crippen LogP contribution in [-0.4, -0.2) is 30.8 Å². The van der Waals surface area contributed by atoms with Gasteiger partial charge in [0.05, 0.1) is 0 Å². The van der Waals surface area contributed by atoms with Crippen LogP contribution in [0.5, 0.6) is 0 Å². The van der Waals surface area contributed by atoms with Crippen LogP contribution in [-0.2, 0) is 4.79 Å². The number of piperidine rings is 1. The van der Waals surface area contributed by atoms with Gasteiger partial charge in [0.25, 0.3) is 0 Å². The second kappa shape index (κ2) is 9.95. The molecule has 29 heavy (non-hydrogen) atoms. The number of carbonyl (C=O) groups excluding carboxylic acids is 1. The Hall–Kier alpha value is -1.58. The summed E-state index contributed by atoms with van der Waals surface area (Å²) < 4.78 is 0. The summed E-state index contributed by atoms with van der Waals surface area (Å²) in [4.78, 5) is 18.2. The normalized spacial score (nSPS) is 27.5. The van der Waals surface area contributed by atoms with Gasteiger partial charge in [-0.05, 0) is 105 Å². The van der Waals surface area contributed by atoms with Gasteiger partial charge in [0, 0.05) is 11.5 Å². The quantitative estimate of drug-likeness (QED) is 0.477. The lowest BCUT2D eigenvalue weighted by molar-refractivity contribution is -0.118. The summed E-state index contributed by atoms with van der Waals surface area (Å²) in [6.45, 7) is 13.1. The maximum Gasteiger partial charge on any atom is 0.170 e. The van der Waals surface area contributed by atoms with E-state index in [1.54, 1.807) is 11.8 Å². The number of hydrogen-bond donors (Lipinski definition) is 0. The van der Waals surface area contributed by atoms with Gasteiger partial charge >= 0.3 is 0 Å². The molecular weight excluding hydrogens is 374 g/mol. The summed E-state index contributed by atoms with van der Waals surface area (Å²) >= 11 is 1.79. The molecule has 0 amide bonds. The third kappa shape index (κ3) is 5.13. The van der Waals surface area contributed by atoms with Crippen molar-refractivity contribution in [1.29, 1.82) is 0 Å². The summed E-state index contributed by atoms with van der Waals surface area (Å²) in [6.07, 6.45) is 16.1. The van der Waals surface area contributed by atoms with Gasteiger partial charge in [0.15, 0.2) is 5.78 Å². The molecule has 0 bridgehead atoms. The van der Waals surface area contributed by atoms with E-state index in [1.165, 1.54) is 33.8 Å². The lowest BCUT2D eigenvalue weighted by atomic mass is 9.76. The highest BCUT2D eigenvalue weighted by atomic mass is 32.2. The standard InChI is InChI=1S/C26H35NOS/c1-6-23-24-12-10-8-7-9-11-22(24)17-25(26(23)28)18(2)19(3)29-20(4)21-13-15-27(5)16-14-21/h7-8,11-12,17,21,23H,4,6,9-10,13-16H2,1-3,5H3/b8-7-,19-18+,22-11-,24-12?. The van der Waals surface area contributed by atoms with Crippen molar-refractivity contribution >= 4 is 17.5 Å². The van der Waals surface area contributed by atoms with Crippen molar-refractivity contribution in [2.75, 3.05) is 20.1 Å². The first-order chi connectivity index (χ1) is 13.9. The van der Waals surface area contributed by atoms with Crippen molar-refractivity contribution in [1.82, 2.24) is 4.90 Å². The zero-order valence-corrected chi connectivity index (χ0v) is 19.3. The fraction of sp³-hybridized carbons (Fsp3) is 0.500. The van der Waals surface area contributed by atoms with Crippen LogP contribution in [0.15, 0.2) is 69.1 Å². The number of allylic oxidation sites excluding steroid dienone is 11. The fourth-order valence-electron chi connectivity index (χ4n) is 4.43. The number of likely N-dealkylation sites (tertiary alicyclic amines) is 1. The minimum absolute atomic E-state index is 0.0161. The van der Waals surface area contributed by atoms with Crippen LogP contribution in [0.25, 0.3) is 0 Å². The van der Waals surface area contributed by atoms with Crippen LogP contribution < -0.4 is 0 Å². The Morgan fingerprint density at radius 2 is 1.83 bits per heavy atom. The minimum atomic E-state index is -0.0161. The van der Waals surface area contributed by atoms with Gasteiger partial charge in [0.2, 0.25) is 0 Å². The van der Waals surface area contributed by atoms with E-state index in [2.05, 4.69) is 69.7 Å². The second-order valence-electron chi connectivity index (χ2n) is 8.47. The van der Waals surface area contributed by atoms with Gasteiger partial charge in [-0.15, -0.1) is 0 Å². The Morgan fingerprint density at radius 3 is 2.48 bits per heavy atom. The number of Topliss-reactive ketones (excluding diaryl/α,β-unsaturated/α-hetero) is 1. The molecule has 3 rings (SSSR count). The average Bonchev–Trinajstić information content (AvgIpc) is 2.69. The third-order valence-electron chi connectivity index (χ3n) is 6.50. The molecule has 0 spiro atoms. The minimum Gasteiger partial charge on any atom is -0.306 e. The average molecular weight is 410 g/mol. The van der Waals surface area contributed by atoms with Crippen molar-refractivity contribution in [3.05, 3.63) is 69.1 Å². The summed E-state index contributed by atoms with van der Waals surface area (Å²) in [6, 6.07) is 0. The highest BCUT2D eigenvalue weighted by Crippen LogP contribution is 2.41. The molecule has 1 heterocycles. The molecule has 0 saturated carbocycles. The molecule has 3 heteroatoms. The SMILES string of the molecule is C=C(S/C(C)=C(\C)C1=C/C2=C/C/C=C\CC=C2C(CC)C1=O)C1CCN(C)CC1. The molecule has 1 aliphatic heterocycles.